The second-order valence-corrected chi connectivity index (χ2v) is 13.4. The van der Waals surface area contributed by atoms with Gasteiger partial charge in [-0.2, -0.15) is 5.10 Å². The van der Waals surface area contributed by atoms with Gasteiger partial charge < -0.3 is 5.11 Å². The fraction of sp³-hybridized carbons (Fsp3) is 0.250. The number of carboxylic acid groups (broad SMARTS) is 1. The first-order chi connectivity index (χ1) is 18.4. The van der Waals surface area contributed by atoms with E-state index >= 15 is 0 Å². The number of benzene rings is 2. The first-order valence-corrected chi connectivity index (χ1v) is 15.4. The van der Waals surface area contributed by atoms with E-state index < -0.39 is 27.7 Å². The number of aromatic nitrogens is 3. The van der Waals surface area contributed by atoms with Crippen LogP contribution in [0.15, 0.2) is 53.3 Å². The highest BCUT2D eigenvalue weighted by atomic mass is 32.3. The Bertz CT molecular complexity index is 1670. The Balaban J connectivity index is 1.71. The average molecular weight is 571 g/mol. The highest BCUT2D eigenvalue weighted by molar-refractivity contribution is 8.00. The number of rotatable bonds is 9. The number of carbonyl (C=O) groups is 1. The van der Waals surface area contributed by atoms with Gasteiger partial charge in [-0.25, -0.2) is 23.2 Å². The van der Waals surface area contributed by atoms with Gasteiger partial charge in [-0.15, -0.1) is 11.3 Å². The fourth-order valence-corrected chi connectivity index (χ4v) is 6.18. The molecule has 7 nitrogen and oxygen atoms in total. The van der Waals surface area contributed by atoms with E-state index in [1.807, 2.05) is 0 Å². The van der Waals surface area contributed by atoms with Gasteiger partial charge in [0.15, 0.2) is 5.69 Å². The molecule has 1 aliphatic carbocycles. The minimum atomic E-state index is -3.29. The quantitative estimate of drug-likeness (QED) is 0.233. The Labute approximate surface area is 229 Å². The zero-order chi connectivity index (χ0) is 28.1. The Kier molecular flexibility index (Phi) is 7.08. The van der Waals surface area contributed by atoms with Crippen LogP contribution in [0.5, 0.6) is 0 Å². The minimum Gasteiger partial charge on any atom is -0.476 e. The number of aromatic carboxylic acids is 1. The number of thiazole rings is 1. The standard InChI is InChI=1S/C28H28F2N4O3S2/c1-15(2)19-13-18(7-8-21(19)29)26-20(10-17-6-9-25(22(30)11-17)39(3,31)37)24(12-16-4-5-16)34(33-26)28-32-23(14-38-28)27(35)36/h6-9,11,13-14,16,39H,1,4-5,10,12H2,2-3H3,(H2,31,37)(H,35,36). The number of carboxylic acids is 1. The number of halogens is 2. The van der Waals surface area contributed by atoms with Gasteiger partial charge in [0.25, 0.3) is 0 Å². The second kappa shape index (κ2) is 10.2. The van der Waals surface area contributed by atoms with E-state index in [1.54, 1.807) is 29.8 Å². The van der Waals surface area contributed by atoms with Crippen LogP contribution in [-0.2, 0) is 23.0 Å². The zero-order valence-corrected chi connectivity index (χ0v) is 23.2. The molecule has 1 fully saturated rings. The van der Waals surface area contributed by atoms with Gasteiger partial charge in [-0.3, -0.25) is 9.35 Å². The van der Waals surface area contributed by atoms with Crippen molar-refractivity contribution in [3.8, 4) is 16.4 Å². The molecule has 0 radical (unpaired) electrons. The van der Waals surface area contributed by atoms with E-state index in [0.717, 1.165) is 35.4 Å². The number of nitrogens with two attached hydrogens (primary N) is 1. The maximum Gasteiger partial charge on any atom is 0.355 e. The number of nitrogens with zero attached hydrogens (tertiary/aromatic N) is 3. The lowest BCUT2D eigenvalue weighted by molar-refractivity contribution is 0.0691. The minimum absolute atomic E-state index is 0.0195. The lowest BCUT2D eigenvalue weighted by Gasteiger charge is -2.15. The lowest BCUT2D eigenvalue weighted by atomic mass is 9.95. The summed E-state index contributed by atoms with van der Waals surface area (Å²) in [6.45, 7) is 5.60. The van der Waals surface area contributed by atoms with Crippen LogP contribution < -0.4 is 5.14 Å². The van der Waals surface area contributed by atoms with Crippen LogP contribution >= 0.6 is 11.3 Å². The summed E-state index contributed by atoms with van der Waals surface area (Å²) in [6, 6.07) is 9.16. The van der Waals surface area contributed by atoms with Gasteiger partial charge >= 0.3 is 5.97 Å². The topological polar surface area (TPSA) is 111 Å². The lowest BCUT2D eigenvalue weighted by Crippen LogP contribution is -2.22. The molecule has 0 amide bonds. The molecule has 2 aromatic heterocycles. The third-order valence-electron chi connectivity index (χ3n) is 6.73. The Morgan fingerprint density at radius 1 is 1.23 bits per heavy atom. The fourth-order valence-electron chi connectivity index (χ4n) is 4.55. The molecule has 204 valence electrons. The van der Waals surface area contributed by atoms with E-state index in [9.17, 15) is 22.9 Å². The summed E-state index contributed by atoms with van der Waals surface area (Å²) < 4.78 is 43.4. The van der Waals surface area contributed by atoms with Gasteiger partial charge in [-0.1, -0.05) is 12.6 Å². The summed E-state index contributed by atoms with van der Waals surface area (Å²) in [5, 5.41) is 21.9. The zero-order valence-electron chi connectivity index (χ0n) is 21.4. The molecule has 1 aliphatic rings. The monoisotopic (exact) mass is 570 g/mol. The predicted molar refractivity (Wildman–Crippen MR) is 150 cm³/mol. The van der Waals surface area contributed by atoms with Crippen molar-refractivity contribution >= 4 is 33.0 Å². The summed E-state index contributed by atoms with van der Waals surface area (Å²) >= 11 is 1.16. The molecule has 0 aliphatic heterocycles. The Morgan fingerprint density at radius 2 is 1.97 bits per heavy atom. The number of hydrogen-bond acceptors (Lipinski definition) is 5. The Morgan fingerprint density at radius 3 is 2.56 bits per heavy atom. The van der Waals surface area contributed by atoms with Crippen molar-refractivity contribution in [1.82, 2.24) is 14.8 Å². The molecular weight excluding hydrogens is 542 g/mol. The third-order valence-corrected chi connectivity index (χ3v) is 8.87. The first kappa shape index (κ1) is 27.0. The highest BCUT2D eigenvalue weighted by Crippen LogP contribution is 2.39. The molecule has 3 N–H and O–H groups in total. The molecule has 11 heteroatoms. The normalized spacial score (nSPS) is 14.0. The molecule has 0 saturated heterocycles. The summed E-state index contributed by atoms with van der Waals surface area (Å²) in [5.41, 5.74) is 4.30. The largest absolute Gasteiger partial charge is 0.476 e. The molecule has 0 spiro atoms. The summed E-state index contributed by atoms with van der Waals surface area (Å²) in [5.74, 6) is -1.74. The van der Waals surface area contributed by atoms with Crippen molar-refractivity contribution < 1.29 is 22.9 Å². The van der Waals surface area contributed by atoms with Crippen molar-refractivity contribution in [3.05, 3.63) is 88.1 Å². The maximum atomic E-state index is 14.9. The smallest absolute Gasteiger partial charge is 0.355 e. The van der Waals surface area contributed by atoms with Crippen LogP contribution in [0.4, 0.5) is 8.78 Å². The number of hydrogen-bond donors (Lipinski definition) is 3. The van der Waals surface area contributed by atoms with E-state index in [0.29, 0.717) is 45.4 Å². The molecule has 0 bridgehead atoms. The van der Waals surface area contributed by atoms with Crippen LogP contribution in [0, 0.1) is 17.6 Å². The van der Waals surface area contributed by atoms with E-state index in [-0.39, 0.29) is 17.0 Å². The molecule has 2 heterocycles. The van der Waals surface area contributed by atoms with E-state index in [1.165, 1.54) is 29.8 Å². The van der Waals surface area contributed by atoms with Crippen LogP contribution in [0.1, 0.15) is 52.6 Å². The van der Waals surface area contributed by atoms with Crippen molar-refractivity contribution in [3.63, 3.8) is 0 Å². The average Bonchev–Trinajstić information content (AvgIpc) is 3.41. The summed E-state index contributed by atoms with van der Waals surface area (Å²) in [6.07, 6.45) is 4.38. The maximum absolute atomic E-state index is 14.9. The molecule has 39 heavy (non-hydrogen) atoms. The van der Waals surface area contributed by atoms with Crippen LogP contribution in [0.3, 0.4) is 0 Å². The Hall–Kier alpha value is -3.54. The summed E-state index contributed by atoms with van der Waals surface area (Å²) in [4.78, 5) is 15.8. The van der Waals surface area contributed by atoms with Crippen LogP contribution in [0.2, 0.25) is 0 Å². The van der Waals surface area contributed by atoms with Gasteiger partial charge in [-0.05, 0) is 83.7 Å². The highest BCUT2D eigenvalue weighted by Gasteiger charge is 2.29. The molecule has 5 rings (SSSR count). The summed E-state index contributed by atoms with van der Waals surface area (Å²) in [7, 11) is -3.29. The van der Waals surface area contributed by atoms with Gasteiger partial charge in [0.1, 0.15) is 11.6 Å². The second-order valence-electron chi connectivity index (χ2n) is 10.1. The van der Waals surface area contributed by atoms with E-state index in [2.05, 4.69) is 11.6 Å². The molecular formula is C28H28F2N4O3S2. The van der Waals surface area contributed by atoms with Gasteiger partial charge in [0, 0.05) is 34.7 Å². The van der Waals surface area contributed by atoms with Crippen LogP contribution in [-0.4, -0.2) is 36.3 Å². The van der Waals surface area contributed by atoms with Gasteiger partial charge in [0.2, 0.25) is 5.13 Å². The predicted octanol–water partition coefficient (Wildman–Crippen LogP) is 5.43. The molecule has 4 aromatic rings. The molecule has 2 aromatic carbocycles. The van der Waals surface area contributed by atoms with Crippen molar-refractivity contribution in [2.45, 2.75) is 37.5 Å². The van der Waals surface area contributed by atoms with Gasteiger partial charge in [0.05, 0.1) is 16.3 Å². The van der Waals surface area contributed by atoms with E-state index in [4.69, 9.17) is 10.2 Å². The molecule has 0 unspecified atom stereocenters. The SMILES string of the molecule is C=C(C)c1cc(-c2nn(-c3nc(C(=O)O)cs3)c(CC3CC3)c2Cc2ccc([SH](C)(N)=O)c(F)c2)ccc1F. The molecule has 1 saturated carbocycles. The van der Waals surface area contributed by atoms with Crippen molar-refractivity contribution in [1.29, 1.82) is 0 Å². The number of allylic oxidation sites excluding steroid dienone is 1. The van der Waals surface area contributed by atoms with Crippen LogP contribution in [0.25, 0.3) is 22.0 Å². The first-order valence-electron chi connectivity index (χ1n) is 12.3. The third kappa shape index (κ3) is 5.61. The molecule has 0 atom stereocenters. The number of thiol groups is 1. The van der Waals surface area contributed by atoms with Crippen molar-refractivity contribution in [2.24, 2.45) is 11.1 Å². The van der Waals surface area contributed by atoms with Crippen molar-refractivity contribution in [2.75, 3.05) is 6.26 Å².